The third kappa shape index (κ3) is 4.62. The number of nitrogens with zero attached hydrogens (tertiary/aromatic N) is 1. The van der Waals surface area contributed by atoms with Crippen LogP contribution in [0.3, 0.4) is 0 Å². The minimum atomic E-state index is 0.0814. The number of aliphatic hydroxyl groups is 1. The number of benzene rings is 1. The molecule has 0 radical (unpaired) electrons. The van der Waals surface area contributed by atoms with E-state index in [-0.39, 0.29) is 12.5 Å². The molecule has 0 saturated carbocycles. The summed E-state index contributed by atoms with van der Waals surface area (Å²) < 4.78 is 0. The molecule has 0 unspecified atom stereocenters. The molecule has 110 valence electrons. The summed E-state index contributed by atoms with van der Waals surface area (Å²) in [5.74, 6) is 0.271. The van der Waals surface area contributed by atoms with Crippen molar-refractivity contribution in [2.24, 2.45) is 0 Å². The van der Waals surface area contributed by atoms with Crippen molar-refractivity contribution in [3.05, 3.63) is 35.4 Å². The summed E-state index contributed by atoms with van der Waals surface area (Å²) in [6.07, 6.45) is 4.13. The number of aliphatic hydroxyl groups excluding tert-OH is 1. The molecular weight excluding hydrogens is 252 g/mol. The van der Waals surface area contributed by atoms with Gasteiger partial charge in [-0.3, -0.25) is 4.79 Å². The van der Waals surface area contributed by atoms with Gasteiger partial charge in [-0.05, 0) is 30.4 Å². The second-order valence-corrected chi connectivity index (χ2v) is 5.34. The van der Waals surface area contributed by atoms with Crippen LogP contribution in [0, 0.1) is 0 Å². The molecular formula is C16H24N2O2. The van der Waals surface area contributed by atoms with Gasteiger partial charge in [-0.15, -0.1) is 0 Å². The van der Waals surface area contributed by atoms with Crippen molar-refractivity contribution in [2.45, 2.75) is 38.8 Å². The molecule has 1 amide bonds. The number of amides is 1. The first kappa shape index (κ1) is 15.0. The van der Waals surface area contributed by atoms with Crippen LogP contribution >= 0.6 is 0 Å². The number of hydrogen-bond acceptors (Lipinski definition) is 3. The normalized spacial score (nSPS) is 15.3. The molecule has 1 fully saturated rings. The van der Waals surface area contributed by atoms with Crippen molar-refractivity contribution in [1.29, 1.82) is 0 Å². The lowest BCUT2D eigenvalue weighted by molar-refractivity contribution is -0.131. The quantitative estimate of drug-likeness (QED) is 0.777. The van der Waals surface area contributed by atoms with Crippen LogP contribution in [0.2, 0.25) is 0 Å². The number of piperidine rings is 1. The summed E-state index contributed by atoms with van der Waals surface area (Å²) in [6, 6.07) is 7.86. The summed E-state index contributed by atoms with van der Waals surface area (Å²) in [5, 5.41) is 12.3. The lowest BCUT2D eigenvalue weighted by atomic mass is 10.1. The highest BCUT2D eigenvalue weighted by Crippen LogP contribution is 2.09. The average molecular weight is 276 g/mol. The molecule has 0 atom stereocenters. The fourth-order valence-corrected chi connectivity index (χ4v) is 2.49. The zero-order valence-electron chi connectivity index (χ0n) is 12.0. The van der Waals surface area contributed by atoms with Crippen LogP contribution in [-0.4, -0.2) is 35.5 Å². The zero-order chi connectivity index (χ0) is 14.2. The molecule has 1 aliphatic rings. The summed E-state index contributed by atoms with van der Waals surface area (Å²) in [7, 11) is 0. The largest absolute Gasteiger partial charge is 0.392 e. The van der Waals surface area contributed by atoms with Crippen LogP contribution < -0.4 is 5.32 Å². The molecule has 4 nitrogen and oxygen atoms in total. The first-order chi connectivity index (χ1) is 9.79. The van der Waals surface area contributed by atoms with Crippen LogP contribution in [0.5, 0.6) is 0 Å². The Hall–Kier alpha value is -1.39. The van der Waals surface area contributed by atoms with Gasteiger partial charge in [0.25, 0.3) is 0 Å². The Labute approximate surface area is 120 Å². The summed E-state index contributed by atoms with van der Waals surface area (Å²) in [5.41, 5.74) is 2.10. The van der Waals surface area contributed by atoms with Crippen molar-refractivity contribution in [2.75, 3.05) is 19.6 Å². The van der Waals surface area contributed by atoms with E-state index in [9.17, 15) is 4.79 Å². The van der Waals surface area contributed by atoms with E-state index in [4.69, 9.17) is 5.11 Å². The average Bonchev–Trinajstić information content (AvgIpc) is 2.53. The van der Waals surface area contributed by atoms with Gasteiger partial charge in [0, 0.05) is 32.6 Å². The number of nitrogens with one attached hydrogen (secondary N) is 1. The van der Waals surface area contributed by atoms with E-state index >= 15 is 0 Å². The maximum atomic E-state index is 12.0. The Balaban J connectivity index is 1.64. The Bertz CT molecular complexity index is 411. The van der Waals surface area contributed by atoms with E-state index < -0.39 is 0 Å². The Morgan fingerprint density at radius 2 is 1.75 bits per heavy atom. The van der Waals surface area contributed by atoms with Gasteiger partial charge in [0.2, 0.25) is 5.91 Å². The van der Waals surface area contributed by atoms with Gasteiger partial charge >= 0.3 is 0 Å². The zero-order valence-corrected chi connectivity index (χ0v) is 12.0. The molecule has 1 saturated heterocycles. The van der Waals surface area contributed by atoms with Gasteiger partial charge in [0.05, 0.1) is 6.61 Å². The van der Waals surface area contributed by atoms with Gasteiger partial charge in [0.1, 0.15) is 0 Å². The monoisotopic (exact) mass is 276 g/mol. The van der Waals surface area contributed by atoms with Crippen molar-refractivity contribution >= 4 is 5.91 Å². The van der Waals surface area contributed by atoms with Crippen LogP contribution in [0.4, 0.5) is 0 Å². The molecule has 20 heavy (non-hydrogen) atoms. The van der Waals surface area contributed by atoms with Crippen molar-refractivity contribution in [3.8, 4) is 0 Å². The maximum Gasteiger partial charge on any atom is 0.223 e. The summed E-state index contributed by atoms with van der Waals surface area (Å²) >= 11 is 0. The van der Waals surface area contributed by atoms with Crippen LogP contribution in [-0.2, 0) is 17.9 Å². The van der Waals surface area contributed by atoms with E-state index in [1.165, 1.54) is 12.0 Å². The fraction of sp³-hybridized carbons (Fsp3) is 0.562. The number of rotatable bonds is 6. The van der Waals surface area contributed by atoms with Gasteiger partial charge in [-0.25, -0.2) is 0 Å². The predicted molar refractivity (Wildman–Crippen MR) is 79.1 cm³/mol. The van der Waals surface area contributed by atoms with E-state index in [1.54, 1.807) is 0 Å². The van der Waals surface area contributed by atoms with Crippen molar-refractivity contribution < 1.29 is 9.90 Å². The number of carbonyl (C=O) groups excluding carboxylic acids is 1. The minimum Gasteiger partial charge on any atom is -0.392 e. The van der Waals surface area contributed by atoms with Gasteiger partial charge in [0.15, 0.2) is 0 Å². The van der Waals surface area contributed by atoms with Crippen LogP contribution in [0.1, 0.15) is 36.8 Å². The lowest BCUT2D eigenvalue weighted by Gasteiger charge is -2.26. The van der Waals surface area contributed by atoms with E-state index in [2.05, 4.69) is 5.32 Å². The molecule has 0 aliphatic carbocycles. The molecule has 0 spiro atoms. The molecule has 1 aromatic carbocycles. The first-order valence-corrected chi connectivity index (χ1v) is 7.47. The maximum absolute atomic E-state index is 12.0. The molecule has 4 heteroatoms. The summed E-state index contributed by atoms with van der Waals surface area (Å²) in [6.45, 7) is 3.43. The van der Waals surface area contributed by atoms with Crippen molar-refractivity contribution in [3.63, 3.8) is 0 Å². The molecule has 1 heterocycles. The SMILES string of the molecule is O=C(CCNCc1ccc(CO)cc1)N1CCCCC1. The highest BCUT2D eigenvalue weighted by Gasteiger charge is 2.15. The van der Waals surface area contributed by atoms with Crippen molar-refractivity contribution in [1.82, 2.24) is 10.2 Å². The predicted octanol–water partition coefficient (Wildman–Crippen LogP) is 1.67. The van der Waals surface area contributed by atoms with E-state index in [0.29, 0.717) is 6.42 Å². The first-order valence-electron chi connectivity index (χ1n) is 7.47. The molecule has 0 aromatic heterocycles. The van der Waals surface area contributed by atoms with Gasteiger partial charge < -0.3 is 15.3 Å². The van der Waals surface area contributed by atoms with Crippen LogP contribution in [0.25, 0.3) is 0 Å². The van der Waals surface area contributed by atoms with Gasteiger partial charge in [-0.1, -0.05) is 24.3 Å². The number of hydrogen-bond donors (Lipinski definition) is 2. The number of likely N-dealkylation sites (tertiary alicyclic amines) is 1. The second-order valence-electron chi connectivity index (χ2n) is 5.34. The van der Waals surface area contributed by atoms with Gasteiger partial charge in [-0.2, -0.15) is 0 Å². The molecule has 2 rings (SSSR count). The summed E-state index contributed by atoms with van der Waals surface area (Å²) in [4.78, 5) is 13.9. The number of carbonyl (C=O) groups is 1. The highest BCUT2D eigenvalue weighted by molar-refractivity contribution is 5.76. The molecule has 1 aliphatic heterocycles. The highest BCUT2D eigenvalue weighted by atomic mass is 16.3. The topological polar surface area (TPSA) is 52.6 Å². The smallest absolute Gasteiger partial charge is 0.223 e. The second kappa shape index (κ2) is 8.02. The fourth-order valence-electron chi connectivity index (χ4n) is 2.49. The standard InChI is InChI=1S/C16H24N2O2/c19-13-15-6-4-14(5-7-15)12-17-9-8-16(20)18-10-2-1-3-11-18/h4-7,17,19H,1-3,8-13H2. The lowest BCUT2D eigenvalue weighted by Crippen LogP contribution is -2.37. The Morgan fingerprint density at radius 1 is 1.10 bits per heavy atom. The third-order valence-corrected chi connectivity index (χ3v) is 3.76. The molecule has 1 aromatic rings. The Morgan fingerprint density at radius 3 is 2.40 bits per heavy atom. The Kier molecular flexibility index (Phi) is 6.02. The van der Waals surface area contributed by atoms with E-state index in [0.717, 1.165) is 44.6 Å². The molecule has 2 N–H and O–H groups in total. The third-order valence-electron chi connectivity index (χ3n) is 3.76. The minimum absolute atomic E-state index is 0.0814. The van der Waals surface area contributed by atoms with E-state index in [1.807, 2.05) is 29.2 Å². The van der Waals surface area contributed by atoms with Crippen LogP contribution in [0.15, 0.2) is 24.3 Å². The molecule has 0 bridgehead atoms.